The van der Waals surface area contributed by atoms with Crippen molar-refractivity contribution in [3.8, 4) is 5.75 Å². The first-order chi connectivity index (χ1) is 7.81. The predicted molar refractivity (Wildman–Crippen MR) is 71.8 cm³/mol. The quantitative estimate of drug-likeness (QED) is 0.564. The molecule has 0 aliphatic heterocycles. The molecular formula is C14H10OS. The van der Waals surface area contributed by atoms with Crippen molar-refractivity contribution < 1.29 is 5.11 Å². The highest BCUT2D eigenvalue weighted by molar-refractivity contribution is 7.88. The number of phenols is 1. The minimum Gasteiger partial charge on any atom is -0.507 e. The Morgan fingerprint density at radius 2 is 1.81 bits per heavy atom. The minimum atomic E-state index is 0.328. The number of rotatable bonds is 0. The zero-order chi connectivity index (χ0) is 11.1. The van der Waals surface area contributed by atoms with Crippen LogP contribution in [0.2, 0.25) is 0 Å². The Morgan fingerprint density at radius 3 is 2.62 bits per heavy atom. The largest absolute Gasteiger partial charge is 0.507 e. The van der Waals surface area contributed by atoms with Gasteiger partial charge in [-0.15, -0.1) is 0 Å². The lowest BCUT2D eigenvalue weighted by Gasteiger charge is -2.07. The highest BCUT2D eigenvalue weighted by Crippen LogP contribution is 2.30. The van der Waals surface area contributed by atoms with Crippen LogP contribution in [-0.2, 0) is 0 Å². The molecule has 1 nitrogen and oxygen atoms in total. The second-order valence-corrected chi connectivity index (χ2v) is 4.08. The maximum Gasteiger partial charge on any atom is 0.123 e. The van der Waals surface area contributed by atoms with Crippen molar-refractivity contribution in [2.45, 2.75) is 0 Å². The van der Waals surface area contributed by atoms with Gasteiger partial charge in [-0.1, -0.05) is 30.3 Å². The normalized spacial score (nSPS) is 12.7. The minimum absolute atomic E-state index is 0.328. The SMILES string of the molecule is Oc1ccc2cccc3c(=CS)ccc1c23. The van der Waals surface area contributed by atoms with E-state index in [0.29, 0.717) is 5.75 Å². The second-order valence-electron chi connectivity index (χ2n) is 3.82. The summed E-state index contributed by atoms with van der Waals surface area (Å²) in [6.07, 6.45) is 0. The lowest BCUT2D eigenvalue weighted by atomic mass is 9.99. The van der Waals surface area contributed by atoms with Gasteiger partial charge in [0.15, 0.2) is 0 Å². The van der Waals surface area contributed by atoms with Gasteiger partial charge in [-0.05, 0) is 33.5 Å². The molecule has 0 aromatic heterocycles. The van der Waals surface area contributed by atoms with E-state index in [2.05, 4.69) is 24.8 Å². The molecule has 0 spiro atoms. The standard InChI is InChI=1S/C14H10OS/c15-13-7-5-9-2-1-3-11-10(8-16)4-6-12(13)14(9)11/h1-8,15-16H. The van der Waals surface area contributed by atoms with Gasteiger partial charge in [-0.25, -0.2) is 0 Å². The lowest BCUT2D eigenvalue weighted by Crippen LogP contribution is -2.00. The molecular weight excluding hydrogens is 216 g/mol. The number of thiol groups is 1. The molecule has 0 radical (unpaired) electrons. The molecule has 0 heterocycles. The highest BCUT2D eigenvalue weighted by atomic mass is 32.1. The molecule has 0 saturated heterocycles. The van der Waals surface area contributed by atoms with Gasteiger partial charge in [-0.3, -0.25) is 0 Å². The van der Waals surface area contributed by atoms with Crippen LogP contribution in [0.4, 0.5) is 0 Å². The van der Waals surface area contributed by atoms with Gasteiger partial charge in [-0.2, -0.15) is 12.6 Å². The Labute approximate surface area is 98.4 Å². The molecule has 3 rings (SSSR count). The van der Waals surface area contributed by atoms with Gasteiger partial charge >= 0.3 is 0 Å². The molecule has 0 unspecified atom stereocenters. The van der Waals surface area contributed by atoms with Crippen LogP contribution < -0.4 is 5.22 Å². The first-order valence-corrected chi connectivity index (χ1v) is 5.60. The molecule has 0 amide bonds. The molecule has 2 heteroatoms. The Bertz CT molecular complexity index is 731. The molecule has 0 fully saturated rings. The Morgan fingerprint density at radius 1 is 0.938 bits per heavy atom. The number of hydrogen-bond donors (Lipinski definition) is 2. The molecule has 3 aromatic carbocycles. The summed E-state index contributed by atoms with van der Waals surface area (Å²) in [7, 11) is 0. The number of benzene rings is 3. The smallest absolute Gasteiger partial charge is 0.123 e. The molecule has 0 aliphatic carbocycles. The highest BCUT2D eigenvalue weighted by Gasteiger charge is 2.05. The molecule has 78 valence electrons. The summed E-state index contributed by atoms with van der Waals surface area (Å²) in [5, 5.41) is 17.0. The van der Waals surface area contributed by atoms with Crippen LogP contribution in [0.1, 0.15) is 0 Å². The Kier molecular flexibility index (Phi) is 2.04. The summed E-state index contributed by atoms with van der Waals surface area (Å²) >= 11 is 4.21. The number of aromatic hydroxyl groups is 1. The van der Waals surface area contributed by atoms with Crippen LogP contribution in [0.3, 0.4) is 0 Å². The van der Waals surface area contributed by atoms with E-state index in [4.69, 9.17) is 0 Å². The zero-order valence-electron chi connectivity index (χ0n) is 8.51. The van der Waals surface area contributed by atoms with E-state index in [-0.39, 0.29) is 0 Å². The number of hydrogen-bond acceptors (Lipinski definition) is 2. The molecule has 3 aromatic rings. The first kappa shape index (κ1) is 9.55. The van der Waals surface area contributed by atoms with Crippen molar-refractivity contribution in [1.29, 1.82) is 0 Å². The maximum atomic E-state index is 9.84. The van der Waals surface area contributed by atoms with Gasteiger partial charge < -0.3 is 5.11 Å². The molecule has 1 N–H and O–H groups in total. The van der Waals surface area contributed by atoms with Crippen LogP contribution in [0.25, 0.3) is 27.0 Å². The Hall–Kier alpha value is -1.67. The molecule has 0 saturated carbocycles. The van der Waals surface area contributed by atoms with Gasteiger partial charge in [0.2, 0.25) is 0 Å². The van der Waals surface area contributed by atoms with Crippen molar-refractivity contribution in [1.82, 2.24) is 0 Å². The van der Waals surface area contributed by atoms with Crippen molar-refractivity contribution in [2.75, 3.05) is 0 Å². The third-order valence-electron chi connectivity index (χ3n) is 2.94. The maximum absolute atomic E-state index is 9.84. The van der Waals surface area contributed by atoms with E-state index in [1.807, 2.05) is 24.3 Å². The van der Waals surface area contributed by atoms with Crippen LogP contribution >= 0.6 is 12.6 Å². The van der Waals surface area contributed by atoms with Crippen LogP contribution in [-0.4, -0.2) is 5.11 Å². The fourth-order valence-corrected chi connectivity index (χ4v) is 2.41. The van der Waals surface area contributed by atoms with E-state index < -0.39 is 0 Å². The summed E-state index contributed by atoms with van der Waals surface area (Å²) in [6, 6.07) is 13.7. The van der Waals surface area contributed by atoms with Crippen molar-refractivity contribution >= 4 is 39.6 Å². The monoisotopic (exact) mass is 226 g/mol. The van der Waals surface area contributed by atoms with Gasteiger partial charge in [0.05, 0.1) is 0 Å². The van der Waals surface area contributed by atoms with Crippen molar-refractivity contribution in [3.63, 3.8) is 0 Å². The molecule has 0 bridgehead atoms. The lowest BCUT2D eigenvalue weighted by molar-refractivity contribution is 0.482. The summed E-state index contributed by atoms with van der Waals surface area (Å²) in [5.74, 6) is 0.328. The van der Waals surface area contributed by atoms with Crippen LogP contribution in [0.5, 0.6) is 5.75 Å². The van der Waals surface area contributed by atoms with E-state index >= 15 is 0 Å². The molecule has 16 heavy (non-hydrogen) atoms. The van der Waals surface area contributed by atoms with E-state index in [0.717, 1.165) is 26.8 Å². The van der Waals surface area contributed by atoms with Crippen LogP contribution in [0.15, 0.2) is 42.5 Å². The fraction of sp³-hybridized carbons (Fsp3) is 0. The summed E-state index contributed by atoms with van der Waals surface area (Å²) in [6.45, 7) is 0. The molecule has 0 aliphatic rings. The average Bonchev–Trinajstić information content (AvgIpc) is 2.34. The fourth-order valence-electron chi connectivity index (χ4n) is 2.18. The predicted octanol–water partition coefficient (Wildman–Crippen LogP) is 3.09. The summed E-state index contributed by atoms with van der Waals surface area (Å²) < 4.78 is 0. The van der Waals surface area contributed by atoms with Gasteiger partial charge in [0.1, 0.15) is 5.75 Å². The Balaban J connectivity index is 2.73. The topological polar surface area (TPSA) is 20.2 Å². The average molecular weight is 226 g/mol. The molecule has 0 atom stereocenters. The van der Waals surface area contributed by atoms with E-state index in [1.165, 1.54) is 0 Å². The second kappa shape index (κ2) is 3.42. The first-order valence-electron chi connectivity index (χ1n) is 5.09. The zero-order valence-corrected chi connectivity index (χ0v) is 9.41. The van der Waals surface area contributed by atoms with E-state index in [9.17, 15) is 5.11 Å². The summed E-state index contributed by atoms with van der Waals surface area (Å²) in [4.78, 5) is 0. The van der Waals surface area contributed by atoms with Gasteiger partial charge in [0.25, 0.3) is 0 Å². The van der Waals surface area contributed by atoms with Gasteiger partial charge in [0, 0.05) is 10.8 Å². The third-order valence-corrected chi connectivity index (χ3v) is 3.22. The number of phenolic OH excluding ortho intramolecular Hbond substituents is 1. The van der Waals surface area contributed by atoms with Crippen molar-refractivity contribution in [3.05, 3.63) is 47.7 Å². The van der Waals surface area contributed by atoms with Crippen molar-refractivity contribution in [2.24, 2.45) is 0 Å². The van der Waals surface area contributed by atoms with Crippen LogP contribution in [0, 0.1) is 0 Å². The third kappa shape index (κ3) is 1.20. The van der Waals surface area contributed by atoms with E-state index in [1.54, 1.807) is 11.5 Å². The summed E-state index contributed by atoms with van der Waals surface area (Å²) in [5.41, 5.74) is 0.